The van der Waals surface area contributed by atoms with Gasteiger partial charge in [-0.2, -0.15) is 0 Å². The van der Waals surface area contributed by atoms with Gasteiger partial charge in [-0.3, -0.25) is 19.4 Å². The average molecular weight is 550 g/mol. The van der Waals surface area contributed by atoms with E-state index in [1.54, 1.807) is 49.4 Å². The first-order valence-electron chi connectivity index (χ1n) is 13.2. The van der Waals surface area contributed by atoms with Crippen LogP contribution < -0.4 is 16.0 Å². The summed E-state index contributed by atoms with van der Waals surface area (Å²) in [5.74, 6) is -1.75. The van der Waals surface area contributed by atoms with Gasteiger partial charge in [0.25, 0.3) is 17.7 Å². The molecule has 3 amide bonds. The second kappa shape index (κ2) is 11.4. The average Bonchev–Trinajstić information content (AvgIpc) is 3.59. The Labute approximate surface area is 230 Å². The third-order valence-corrected chi connectivity index (χ3v) is 7.22. The number of hydrogen-bond donors (Lipinski definition) is 3. The molecule has 0 radical (unpaired) electrons. The molecular weight excluding hydrogens is 518 g/mol. The van der Waals surface area contributed by atoms with Gasteiger partial charge in [-0.1, -0.05) is 6.07 Å². The van der Waals surface area contributed by atoms with E-state index in [2.05, 4.69) is 10.3 Å². The summed E-state index contributed by atoms with van der Waals surface area (Å²) in [6.45, 7) is 3.02. The van der Waals surface area contributed by atoms with Crippen LogP contribution in [0, 0.1) is 0 Å². The number of rotatable bonds is 7. The summed E-state index contributed by atoms with van der Waals surface area (Å²) < 4.78 is 10.6. The molecule has 0 aromatic heterocycles. The van der Waals surface area contributed by atoms with Gasteiger partial charge in [0.1, 0.15) is 11.9 Å². The first-order chi connectivity index (χ1) is 19.3. The molecule has 2 fully saturated rings. The number of likely N-dealkylation sites (tertiary alicyclic amines) is 1. The molecule has 3 heterocycles. The zero-order chi connectivity index (χ0) is 28.4. The Bertz CT molecular complexity index is 1380. The summed E-state index contributed by atoms with van der Waals surface area (Å²) in [4.78, 5) is 58.8. The highest BCUT2D eigenvalue weighted by molar-refractivity contribution is 6.05. The van der Waals surface area contributed by atoms with Crippen LogP contribution in [0.15, 0.2) is 47.5 Å². The number of nitrogens with two attached hydrogens (primary N) is 1. The number of nitrogens with one attached hydrogen (secondary N) is 1. The van der Waals surface area contributed by atoms with Crippen molar-refractivity contribution in [3.05, 3.63) is 59.2 Å². The van der Waals surface area contributed by atoms with Gasteiger partial charge in [0.2, 0.25) is 0 Å². The van der Waals surface area contributed by atoms with Gasteiger partial charge in [-0.25, -0.2) is 4.79 Å². The SMILES string of the molecule is CCOC(=O)C1CCCN1C(=O)c1cccc(N2CCOC(C(O)C(=O)Nc3ccc4c(c3)CN=C4N)C2=O)c1. The maximum absolute atomic E-state index is 13.3. The molecule has 3 unspecified atom stereocenters. The quantitative estimate of drug-likeness (QED) is 0.427. The van der Waals surface area contributed by atoms with Gasteiger partial charge in [0.05, 0.1) is 19.8 Å². The molecule has 2 saturated heterocycles. The molecule has 3 aliphatic rings. The van der Waals surface area contributed by atoms with Crippen molar-refractivity contribution in [1.29, 1.82) is 0 Å². The topological polar surface area (TPSA) is 164 Å². The first-order valence-corrected chi connectivity index (χ1v) is 13.2. The van der Waals surface area contributed by atoms with Crippen LogP contribution in [0.3, 0.4) is 0 Å². The van der Waals surface area contributed by atoms with E-state index in [4.69, 9.17) is 15.2 Å². The van der Waals surface area contributed by atoms with Gasteiger partial charge in [0.15, 0.2) is 12.2 Å². The number of carbonyl (C=O) groups is 4. The lowest BCUT2D eigenvalue weighted by molar-refractivity contribution is -0.150. The van der Waals surface area contributed by atoms with Gasteiger partial charge in [-0.05, 0) is 61.7 Å². The lowest BCUT2D eigenvalue weighted by Crippen LogP contribution is -2.55. The maximum atomic E-state index is 13.3. The smallest absolute Gasteiger partial charge is 0.328 e. The number of aliphatic hydroxyl groups is 1. The minimum Gasteiger partial charge on any atom is -0.464 e. The van der Waals surface area contributed by atoms with E-state index >= 15 is 0 Å². The molecule has 5 rings (SSSR count). The summed E-state index contributed by atoms with van der Waals surface area (Å²) in [6.07, 6.45) is -2.00. The van der Waals surface area contributed by atoms with Crippen LogP contribution in [-0.2, 0) is 30.4 Å². The fourth-order valence-corrected chi connectivity index (χ4v) is 5.22. The Balaban J connectivity index is 1.27. The molecule has 4 N–H and O–H groups in total. The van der Waals surface area contributed by atoms with Gasteiger partial charge in [-0.15, -0.1) is 0 Å². The van der Waals surface area contributed by atoms with E-state index in [0.717, 1.165) is 11.1 Å². The van der Waals surface area contributed by atoms with Crippen molar-refractivity contribution in [1.82, 2.24) is 4.90 Å². The highest BCUT2D eigenvalue weighted by atomic mass is 16.5. The third kappa shape index (κ3) is 5.27. The number of esters is 1. The van der Waals surface area contributed by atoms with Crippen LogP contribution in [0.2, 0.25) is 0 Å². The van der Waals surface area contributed by atoms with E-state index in [0.29, 0.717) is 48.7 Å². The van der Waals surface area contributed by atoms with Crippen LogP contribution in [-0.4, -0.2) is 84.1 Å². The van der Waals surface area contributed by atoms with Crippen molar-refractivity contribution >= 4 is 40.9 Å². The van der Waals surface area contributed by atoms with Gasteiger partial charge >= 0.3 is 5.97 Å². The number of anilines is 2. The highest BCUT2D eigenvalue weighted by Gasteiger charge is 2.40. The number of aliphatic hydroxyl groups excluding tert-OH is 1. The van der Waals surface area contributed by atoms with Crippen molar-refractivity contribution in [2.75, 3.05) is 36.5 Å². The fraction of sp³-hybridized carbons (Fsp3) is 0.393. The van der Waals surface area contributed by atoms with Crippen LogP contribution in [0.5, 0.6) is 0 Å². The first kappa shape index (κ1) is 27.3. The molecule has 3 atom stereocenters. The van der Waals surface area contributed by atoms with Crippen LogP contribution in [0.25, 0.3) is 0 Å². The predicted octanol–water partition coefficient (Wildman–Crippen LogP) is 0.805. The standard InChI is InChI=1S/C28H31N5O7/c1-2-39-28(38)21-7-4-10-33(21)26(36)16-5-3-6-19(14-16)32-11-12-40-23(27(32)37)22(34)25(35)31-18-8-9-20-17(13-18)15-30-24(20)29/h3,5-6,8-9,13-14,21-23,34H,2,4,7,10-12,15H2,1H3,(H2,29,30)(H,31,35). The molecule has 2 aromatic carbocycles. The van der Waals surface area contributed by atoms with Crippen molar-refractivity contribution in [2.24, 2.45) is 10.7 Å². The summed E-state index contributed by atoms with van der Waals surface area (Å²) in [5, 5.41) is 13.4. The van der Waals surface area contributed by atoms with E-state index in [-0.39, 0.29) is 25.7 Å². The van der Waals surface area contributed by atoms with Crippen LogP contribution in [0.1, 0.15) is 41.3 Å². The van der Waals surface area contributed by atoms with Crippen molar-refractivity contribution < 1.29 is 33.8 Å². The molecule has 210 valence electrons. The fourth-order valence-electron chi connectivity index (χ4n) is 5.22. The van der Waals surface area contributed by atoms with E-state index in [1.165, 1.54) is 9.80 Å². The Kier molecular flexibility index (Phi) is 7.81. The van der Waals surface area contributed by atoms with Crippen LogP contribution in [0.4, 0.5) is 11.4 Å². The van der Waals surface area contributed by atoms with E-state index in [9.17, 15) is 24.3 Å². The third-order valence-electron chi connectivity index (χ3n) is 7.22. The monoisotopic (exact) mass is 549 g/mol. The number of benzene rings is 2. The Hall–Kier alpha value is -4.29. The molecule has 3 aliphatic heterocycles. The molecular formula is C28H31N5O7. The zero-order valence-corrected chi connectivity index (χ0v) is 22.0. The zero-order valence-electron chi connectivity index (χ0n) is 22.0. The molecule has 12 heteroatoms. The molecule has 0 spiro atoms. The highest BCUT2D eigenvalue weighted by Crippen LogP contribution is 2.26. The number of fused-ring (bicyclic) bond motifs is 1. The summed E-state index contributed by atoms with van der Waals surface area (Å²) in [5.41, 5.74) is 8.63. The van der Waals surface area contributed by atoms with Crippen LogP contribution >= 0.6 is 0 Å². The lowest BCUT2D eigenvalue weighted by Gasteiger charge is -2.34. The van der Waals surface area contributed by atoms with Gasteiger partial charge in [0, 0.05) is 35.6 Å². The Morgan fingerprint density at radius 2 is 2.05 bits per heavy atom. The summed E-state index contributed by atoms with van der Waals surface area (Å²) in [7, 11) is 0. The second-order valence-electron chi connectivity index (χ2n) is 9.75. The number of amides is 3. The number of carbonyl (C=O) groups excluding carboxylic acids is 4. The summed E-state index contributed by atoms with van der Waals surface area (Å²) in [6, 6.07) is 10.9. The normalized spacial score (nSPS) is 21.1. The number of hydrogen-bond acceptors (Lipinski definition) is 9. The lowest BCUT2D eigenvalue weighted by atomic mass is 10.1. The van der Waals surface area contributed by atoms with E-state index in [1.807, 2.05) is 0 Å². The summed E-state index contributed by atoms with van der Waals surface area (Å²) >= 11 is 0. The number of amidine groups is 1. The molecule has 12 nitrogen and oxygen atoms in total. The van der Waals surface area contributed by atoms with Crippen molar-refractivity contribution in [3.63, 3.8) is 0 Å². The minimum absolute atomic E-state index is 0.0748. The molecule has 0 aliphatic carbocycles. The van der Waals surface area contributed by atoms with Gasteiger partial charge < -0.3 is 35.4 Å². The van der Waals surface area contributed by atoms with E-state index < -0.39 is 36.0 Å². The number of ether oxygens (including phenoxy) is 2. The van der Waals surface area contributed by atoms with Crippen molar-refractivity contribution in [2.45, 2.75) is 44.6 Å². The Morgan fingerprint density at radius 3 is 2.85 bits per heavy atom. The number of aliphatic imine (C=N–C) groups is 1. The maximum Gasteiger partial charge on any atom is 0.328 e. The molecule has 2 aromatic rings. The number of morpholine rings is 1. The minimum atomic E-state index is -1.77. The predicted molar refractivity (Wildman–Crippen MR) is 145 cm³/mol. The van der Waals surface area contributed by atoms with Crippen molar-refractivity contribution in [3.8, 4) is 0 Å². The largest absolute Gasteiger partial charge is 0.464 e. The molecule has 0 bridgehead atoms. The number of nitrogens with zero attached hydrogens (tertiary/aromatic N) is 3. The Morgan fingerprint density at radius 1 is 1.23 bits per heavy atom. The molecule has 40 heavy (non-hydrogen) atoms. The second-order valence-corrected chi connectivity index (χ2v) is 9.75. The molecule has 0 saturated carbocycles.